The molecule has 0 aliphatic heterocycles. The lowest BCUT2D eigenvalue weighted by Gasteiger charge is -2.21. The Kier molecular flexibility index (Phi) is 3.57. The summed E-state index contributed by atoms with van der Waals surface area (Å²) in [6, 6.07) is 0. The fourth-order valence-corrected chi connectivity index (χ4v) is 1.19. The molecule has 1 aromatic heterocycles. The highest BCUT2D eigenvalue weighted by Gasteiger charge is 2.01. The third kappa shape index (κ3) is 2.22. The summed E-state index contributed by atoms with van der Waals surface area (Å²) in [4.78, 5) is 1.81. The van der Waals surface area contributed by atoms with Gasteiger partial charge >= 0.3 is 0 Å². The van der Waals surface area contributed by atoms with Gasteiger partial charge in [-0.15, -0.1) is 5.10 Å². The number of hydrogen-bond donors (Lipinski definition) is 0. The third-order valence-corrected chi connectivity index (χ3v) is 1.66. The van der Waals surface area contributed by atoms with Gasteiger partial charge in [-0.2, -0.15) is 4.79 Å². The number of hydrogen-bond acceptors (Lipinski definition) is 3. The topological polar surface area (TPSA) is 34.0 Å². The molecule has 12 heavy (non-hydrogen) atoms. The minimum atomic E-state index is 1.04. The summed E-state index contributed by atoms with van der Waals surface area (Å²) >= 11 is 0. The fourth-order valence-electron chi connectivity index (χ4n) is 1.19. The van der Waals surface area contributed by atoms with Crippen LogP contribution in [0.3, 0.4) is 0 Å². The summed E-state index contributed by atoms with van der Waals surface area (Å²) in [6.45, 7) is 6.41. The zero-order valence-electron chi connectivity index (χ0n) is 7.77. The molecule has 1 rings (SSSR count). The maximum Gasteiger partial charge on any atom is 0.0715 e. The molecular weight excluding hydrogens is 152 g/mol. The number of aromatic nitrogens is 3. The van der Waals surface area contributed by atoms with Crippen LogP contribution in [0, 0.1) is 0 Å². The molecule has 0 N–H and O–H groups in total. The molecule has 0 aliphatic carbocycles. The molecule has 0 saturated carbocycles. The molecule has 0 aromatic carbocycles. The molecule has 1 heterocycles. The van der Waals surface area contributed by atoms with Crippen LogP contribution in [0.5, 0.6) is 0 Å². The maximum absolute atomic E-state index is 3.95. The fraction of sp³-hybridized carbons (Fsp3) is 0.750. The van der Waals surface area contributed by atoms with Crippen molar-refractivity contribution in [3.8, 4) is 0 Å². The van der Waals surface area contributed by atoms with E-state index in [1.807, 2.05) is 11.0 Å². The Morgan fingerprint density at radius 2 is 1.92 bits per heavy atom. The molecule has 4 nitrogen and oxygen atoms in total. The van der Waals surface area contributed by atoms with Gasteiger partial charge in [-0.25, -0.2) is 0 Å². The van der Waals surface area contributed by atoms with Gasteiger partial charge in [0.15, 0.2) is 0 Å². The summed E-state index contributed by atoms with van der Waals surface area (Å²) < 4.78 is 0. The molecule has 4 heteroatoms. The van der Waals surface area contributed by atoms with Crippen molar-refractivity contribution in [3.63, 3.8) is 0 Å². The molecule has 0 unspecified atom stereocenters. The molecule has 0 atom stereocenters. The van der Waals surface area contributed by atoms with Gasteiger partial charge in [0, 0.05) is 13.1 Å². The van der Waals surface area contributed by atoms with Crippen LogP contribution in [0.15, 0.2) is 12.4 Å². The van der Waals surface area contributed by atoms with Crippen molar-refractivity contribution in [3.05, 3.63) is 12.4 Å². The van der Waals surface area contributed by atoms with E-state index in [0.717, 1.165) is 25.9 Å². The highest BCUT2D eigenvalue weighted by molar-refractivity contribution is 4.82. The maximum atomic E-state index is 3.95. The average molecular weight is 168 g/mol. The van der Waals surface area contributed by atoms with E-state index in [1.54, 1.807) is 6.20 Å². The predicted molar refractivity (Wildman–Crippen MR) is 48.6 cm³/mol. The first-order chi connectivity index (χ1) is 5.88. The van der Waals surface area contributed by atoms with Crippen LogP contribution in [0.4, 0.5) is 0 Å². The molecule has 0 amide bonds. The Morgan fingerprint density at radius 3 is 2.33 bits per heavy atom. The van der Waals surface area contributed by atoms with E-state index in [-0.39, 0.29) is 0 Å². The van der Waals surface area contributed by atoms with Gasteiger partial charge in [-0.3, -0.25) is 5.01 Å². The molecule has 0 saturated heterocycles. The minimum absolute atomic E-state index is 1.04. The SMILES string of the molecule is CCCN(CCC)n1ccnn1. The van der Waals surface area contributed by atoms with Crippen LogP contribution in [0.1, 0.15) is 26.7 Å². The van der Waals surface area contributed by atoms with Gasteiger partial charge in [0.05, 0.1) is 12.4 Å². The van der Waals surface area contributed by atoms with Gasteiger partial charge in [0.1, 0.15) is 0 Å². The smallest absolute Gasteiger partial charge is 0.0715 e. The van der Waals surface area contributed by atoms with Gasteiger partial charge < -0.3 is 0 Å². The van der Waals surface area contributed by atoms with Crippen LogP contribution in [0.2, 0.25) is 0 Å². The number of rotatable bonds is 5. The normalized spacial score (nSPS) is 10.2. The predicted octanol–water partition coefficient (Wildman–Crippen LogP) is 1.04. The van der Waals surface area contributed by atoms with Crippen molar-refractivity contribution >= 4 is 0 Å². The van der Waals surface area contributed by atoms with Crippen molar-refractivity contribution in [1.29, 1.82) is 0 Å². The van der Waals surface area contributed by atoms with E-state index in [4.69, 9.17) is 0 Å². The van der Waals surface area contributed by atoms with Crippen LogP contribution >= 0.6 is 0 Å². The lowest BCUT2D eigenvalue weighted by Crippen LogP contribution is -2.36. The van der Waals surface area contributed by atoms with Crippen molar-refractivity contribution in [2.45, 2.75) is 26.7 Å². The van der Waals surface area contributed by atoms with Crippen molar-refractivity contribution in [2.24, 2.45) is 0 Å². The molecule has 0 radical (unpaired) electrons. The highest BCUT2D eigenvalue weighted by Crippen LogP contribution is 1.92. The molecule has 1 aromatic rings. The van der Waals surface area contributed by atoms with Crippen LogP contribution < -0.4 is 5.01 Å². The Labute approximate surface area is 73.1 Å². The van der Waals surface area contributed by atoms with E-state index < -0.39 is 0 Å². The Hall–Kier alpha value is -1.06. The second kappa shape index (κ2) is 4.74. The van der Waals surface area contributed by atoms with Gasteiger partial charge in [0.25, 0.3) is 0 Å². The monoisotopic (exact) mass is 168 g/mol. The molecule has 0 bridgehead atoms. The van der Waals surface area contributed by atoms with Gasteiger partial charge in [0.2, 0.25) is 0 Å². The third-order valence-electron chi connectivity index (χ3n) is 1.66. The first-order valence-electron chi connectivity index (χ1n) is 4.50. The Balaban J connectivity index is 2.53. The van der Waals surface area contributed by atoms with E-state index >= 15 is 0 Å². The minimum Gasteiger partial charge on any atom is -0.296 e. The second-order valence-corrected chi connectivity index (χ2v) is 2.78. The highest BCUT2D eigenvalue weighted by atomic mass is 15.7. The van der Waals surface area contributed by atoms with E-state index in [1.165, 1.54) is 0 Å². The molecule has 68 valence electrons. The summed E-state index contributed by atoms with van der Waals surface area (Å²) in [6.07, 6.45) is 5.86. The van der Waals surface area contributed by atoms with E-state index in [9.17, 15) is 0 Å². The molecule has 0 fully saturated rings. The number of nitrogens with zero attached hydrogens (tertiary/aromatic N) is 4. The Bertz CT molecular complexity index is 189. The zero-order chi connectivity index (χ0) is 8.81. The van der Waals surface area contributed by atoms with Crippen LogP contribution in [0.25, 0.3) is 0 Å². The first-order valence-corrected chi connectivity index (χ1v) is 4.50. The van der Waals surface area contributed by atoms with Gasteiger partial charge in [-0.05, 0) is 18.1 Å². The summed E-state index contributed by atoms with van der Waals surface area (Å²) in [7, 11) is 0. The lowest BCUT2D eigenvalue weighted by atomic mass is 10.4. The zero-order valence-corrected chi connectivity index (χ0v) is 7.77. The van der Waals surface area contributed by atoms with E-state index in [2.05, 4.69) is 29.2 Å². The van der Waals surface area contributed by atoms with Crippen molar-refractivity contribution in [2.75, 3.05) is 18.1 Å². The van der Waals surface area contributed by atoms with Gasteiger partial charge in [-0.1, -0.05) is 13.8 Å². The summed E-state index contributed by atoms with van der Waals surface area (Å²) in [5.74, 6) is 0. The quantitative estimate of drug-likeness (QED) is 0.658. The molecular formula is C8H16N4. The van der Waals surface area contributed by atoms with Crippen LogP contribution in [-0.2, 0) is 0 Å². The Morgan fingerprint density at radius 1 is 1.25 bits per heavy atom. The van der Waals surface area contributed by atoms with Crippen LogP contribution in [-0.4, -0.2) is 28.2 Å². The first kappa shape index (κ1) is 9.03. The standard InChI is InChI=1S/C8H16N4/c1-3-6-11(7-4-2)12-8-5-9-10-12/h5,8H,3-4,6-7H2,1-2H3. The molecule has 0 spiro atoms. The molecule has 0 aliphatic rings. The van der Waals surface area contributed by atoms with E-state index in [0.29, 0.717) is 0 Å². The largest absolute Gasteiger partial charge is 0.296 e. The van der Waals surface area contributed by atoms with Crippen molar-refractivity contribution < 1.29 is 0 Å². The lowest BCUT2D eigenvalue weighted by molar-refractivity contribution is 0.505. The second-order valence-electron chi connectivity index (χ2n) is 2.78. The van der Waals surface area contributed by atoms with Crippen molar-refractivity contribution in [1.82, 2.24) is 15.1 Å². The average Bonchev–Trinajstić information content (AvgIpc) is 2.56. The summed E-state index contributed by atoms with van der Waals surface area (Å²) in [5.41, 5.74) is 0. The summed E-state index contributed by atoms with van der Waals surface area (Å²) in [5, 5.41) is 9.91.